The number of carbonyl (C=O) groups is 2. The van der Waals surface area contributed by atoms with Gasteiger partial charge in [-0.3, -0.25) is 4.79 Å². The summed E-state index contributed by atoms with van der Waals surface area (Å²) in [5, 5.41) is 7.12. The Labute approximate surface area is 190 Å². The van der Waals surface area contributed by atoms with Gasteiger partial charge in [0.15, 0.2) is 0 Å². The molecule has 180 valence electrons. The van der Waals surface area contributed by atoms with Gasteiger partial charge in [0.2, 0.25) is 11.9 Å². The van der Waals surface area contributed by atoms with E-state index < -0.39 is 12.1 Å². The van der Waals surface area contributed by atoms with Crippen LogP contribution in [0, 0.1) is 5.92 Å². The molecule has 0 spiro atoms. The molecule has 1 aromatic carbocycles. The van der Waals surface area contributed by atoms with Crippen LogP contribution >= 0.6 is 0 Å². The summed E-state index contributed by atoms with van der Waals surface area (Å²) in [6.07, 6.45) is 0.278. The Hall–Kier alpha value is -3.21. The monoisotopic (exact) mass is 468 g/mol. The van der Waals surface area contributed by atoms with Gasteiger partial charge in [-0.1, -0.05) is 30.3 Å². The number of halogens is 3. The molecule has 11 heteroatoms. The number of piperidine rings is 1. The van der Waals surface area contributed by atoms with E-state index in [0.717, 1.165) is 31.9 Å². The lowest BCUT2D eigenvalue weighted by atomic mass is 9.88. The van der Waals surface area contributed by atoms with Gasteiger partial charge in [-0.25, -0.2) is 14.8 Å². The first-order chi connectivity index (χ1) is 15.6. The first-order valence-corrected chi connectivity index (χ1v) is 10.3. The third-order valence-corrected chi connectivity index (χ3v) is 5.00. The average Bonchev–Trinajstić information content (AvgIpc) is 2.79. The lowest BCUT2D eigenvalue weighted by molar-refractivity contribution is -0.192. The number of rotatable bonds is 6. The van der Waals surface area contributed by atoms with Crippen molar-refractivity contribution >= 4 is 17.8 Å². The maximum Gasteiger partial charge on any atom is 0.490 e. The van der Waals surface area contributed by atoms with Crippen molar-refractivity contribution in [3.8, 4) is 0 Å². The number of ether oxygens (including phenoxy) is 1. The van der Waals surface area contributed by atoms with Crippen LogP contribution in [0.15, 0.2) is 48.8 Å². The predicted molar refractivity (Wildman–Crippen MR) is 115 cm³/mol. The number of carboxylic acid groups (broad SMARTS) is 1. The number of likely N-dealkylation sites (N-methyl/N-ethyl adjacent to an activating group) is 1. The maximum atomic E-state index is 11.9. The third kappa shape index (κ3) is 8.68. The normalized spacial score (nSPS) is 18.2. The van der Waals surface area contributed by atoms with Crippen molar-refractivity contribution in [1.82, 2.24) is 14.9 Å². The van der Waals surface area contributed by atoms with E-state index in [-0.39, 0.29) is 24.5 Å². The lowest BCUT2D eigenvalue weighted by Crippen LogP contribution is -2.46. The number of alkyl halides is 3. The van der Waals surface area contributed by atoms with Gasteiger partial charge >= 0.3 is 12.1 Å². The molecule has 33 heavy (non-hydrogen) atoms. The SMILES string of the molecule is CN(C)C(=O)CO[C@@H]1CCN(c2ncccn2)C[C@@H]1Cc1ccccc1.O=C(O)C(F)(F)F. The van der Waals surface area contributed by atoms with Gasteiger partial charge in [0, 0.05) is 45.5 Å². The number of aromatic nitrogens is 2. The fourth-order valence-electron chi connectivity index (χ4n) is 3.29. The van der Waals surface area contributed by atoms with Gasteiger partial charge in [-0.2, -0.15) is 13.2 Å². The first kappa shape index (κ1) is 26.0. The van der Waals surface area contributed by atoms with Crippen molar-refractivity contribution < 1.29 is 32.6 Å². The zero-order valence-electron chi connectivity index (χ0n) is 18.4. The van der Waals surface area contributed by atoms with Crippen LogP contribution in [0.1, 0.15) is 12.0 Å². The molecule has 2 atom stereocenters. The molecule has 1 aliphatic rings. The number of amides is 1. The van der Waals surface area contributed by atoms with E-state index >= 15 is 0 Å². The number of anilines is 1. The number of benzene rings is 1. The molecule has 2 aromatic rings. The molecule has 1 aromatic heterocycles. The quantitative estimate of drug-likeness (QED) is 0.696. The molecule has 3 rings (SSSR count). The van der Waals surface area contributed by atoms with Gasteiger partial charge < -0.3 is 19.6 Å². The smallest absolute Gasteiger partial charge is 0.475 e. The second kappa shape index (κ2) is 12.1. The van der Waals surface area contributed by atoms with Crippen molar-refractivity contribution in [2.24, 2.45) is 5.92 Å². The van der Waals surface area contributed by atoms with Gasteiger partial charge in [0.05, 0.1) is 6.10 Å². The van der Waals surface area contributed by atoms with Crippen LogP contribution in [-0.2, 0) is 20.7 Å². The van der Waals surface area contributed by atoms with Gasteiger partial charge in [0.25, 0.3) is 0 Å². The number of hydrogen-bond acceptors (Lipinski definition) is 6. The first-order valence-electron chi connectivity index (χ1n) is 10.3. The summed E-state index contributed by atoms with van der Waals surface area (Å²) in [6, 6.07) is 12.2. The van der Waals surface area contributed by atoms with Crippen LogP contribution in [0.5, 0.6) is 0 Å². The highest BCUT2D eigenvalue weighted by Crippen LogP contribution is 2.26. The minimum atomic E-state index is -5.08. The molecule has 2 heterocycles. The summed E-state index contributed by atoms with van der Waals surface area (Å²) in [5.74, 6) is -1.72. The van der Waals surface area contributed by atoms with Gasteiger partial charge in [0.1, 0.15) is 6.61 Å². The van der Waals surface area contributed by atoms with Crippen molar-refractivity contribution in [3.63, 3.8) is 0 Å². The molecule has 0 saturated carbocycles. The highest BCUT2D eigenvalue weighted by molar-refractivity contribution is 5.76. The molecule has 0 aliphatic carbocycles. The highest BCUT2D eigenvalue weighted by atomic mass is 19.4. The zero-order chi connectivity index (χ0) is 24.4. The zero-order valence-corrected chi connectivity index (χ0v) is 18.4. The van der Waals surface area contributed by atoms with Crippen LogP contribution in [-0.4, -0.2) is 77.9 Å². The molecule has 1 amide bonds. The van der Waals surface area contributed by atoms with E-state index in [1.807, 2.05) is 12.1 Å². The third-order valence-electron chi connectivity index (χ3n) is 5.00. The van der Waals surface area contributed by atoms with E-state index in [4.69, 9.17) is 14.6 Å². The summed E-state index contributed by atoms with van der Waals surface area (Å²) < 4.78 is 37.8. The summed E-state index contributed by atoms with van der Waals surface area (Å²) in [6.45, 7) is 1.78. The van der Waals surface area contributed by atoms with E-state index in [2.05, 4.69) is 39.1 Å². The number of carboxylic acids is 1. The second-order valence-electron chi connectivity index (χ2n) is 7.67. The molecule has 0 unspecified atom stereocenters. The van der Waals surface area contributed by atoms with E-state index in [1.54, 1.807) is 31.4 Å². The Bertz CT molecular complexity index is 882. The van der Waals surface area contributed by atoms with Gasteiger partial charge in [-0.15, -0.1) is 0 Å². The topological polar surface area (TPSA) is 95.9 Å². The Kier molecular flexibility index (Phi) is 9.58. The average molecular weight is 468 g/mol. The summed E-state index contributed by atoms with van der Waals surface area (Å²) >= 11 is 0. The second-order valence-corrected chi connectivity index (χ2v) is 7.67. The molecule has 1 aliphatic heterocycles. The van der Waals surface area contributed by atoms with Crippen LogP contribution in [0.3, 0.4) is 0 Å². The van der Waals surface area contributed by atoms with E-state index in [9.17, 15) is 18.0 Å². The molecule has 1 fully saturated rings. The Morgan fingerprint density at radius 2 is 1.76 bits per heavy atom. The number of aliphatic carboxylic acids is 1. The fourth-order valence-corrected chi connectivity index (χ4v) is 3.29. The number of nitrogens with zero attached hydrogens (tertiary/aromatic N) is 4. The summed E-state index contributed by atoms with van der Waals surface area (Å²) in [5.41, 5.74) is 1.28. The fraction of sp³-hybridized carbons (Fsp3) is 0.455. The van der Waals surface area contributed by atoms with Crippen molar-refractivity contribution in [2.75, 3.05) is 38.7 Å². The van der Waals surface area contributed by atoms with Crippen LogP contribution in [0.4, 0.5) is 19.1 Å². The van der Waals surface area contributed by atoms with Gasteiger partial charge in [-0.05, 0) is 24.5 Å². The molecule has 0 radical (unpaired) electrons. The van der Waals surface area contributed by atoms with Crippen LogP contribution in [0.25, 0.3) is 0 Å². The molecule has 1 N–H and O–H groups in total. The minimum absolute atomic E-state index is 0.00252. The minimum Gasteiger partial charge on any atom is -0.475 e. The van der Waals surface area contributed by atoms with E-state index in [1.165, 1.54) is 5.56 Å². The summed E-state index contributed by atoms with van der Waals surface area (Å²) in [7, 11) is 3.50. The van der Waals surface area contributed by atoms with Crippen LogP contribution < -0.4 is 4.90 Å². The largest absolute Gasteiger partial charge is 0.490 e. The summed E-state index contributed by atoms with van der Waals surface area (Å²) in [4.78, 5) is 33.3. The van der Waals surface area contributed by atoms with E-state index in [0.29, 0.717) is 0 Å². The molecule has 1 saturated heterocycles. The molecule has 8 nitrogen and oxygen atoms in total. The Balaban J connectivity index is 0.000000479. The van der Waals surface area contributed by atoms with Crippen molar-refractivity contribution in [2.45, 2.75) is 25.1 Å². The number of hydrogen-bond donors (Lipinski definition) is 1. The Morgan fingerprint density at radius 1 is 1.15 bits per heavy atom. The van der Waals surface area contributed by atoms with Crippen LogP contribution in [0.2, 0.25) is 0 Å². The molecular weight excluding hydrogens is 441 g/mol. The van der Waals surface area contributed by atoms with Crippen molar-refractivity contribution in [3.05, 3.63) is 54.4 Å². The predicted octanol–water partition coefficient (Wildman–Crippen LogP) is 2.65. The van der Waals surface area contributed by atoms with Crippen molar-refractivity contribution in [1.29, 1.82) is 0 Å². The number of carbonyl (C=O) groups excluding carboxylic acids is 1. The molecule has 0 bridgehead atoms. The standard InChI is InChI=1S/C20H26N4O2.C2HF3O2/c1-23(2)19(25)15-26-18-9-12-24(20-21-10-6-11-22-20)14-17(18)13-16-7-4-3-5-8-16;3-2(4,5)1(6)7/h3-8,10-11,17-18H,9,12-15H2,1-2H3;(H,6,7)/t17-,18+;/m0./s1. The molecular formula is C22H27F3N4O4. The highest BCUT2D eigenvalue weighted by Gasteiger charge is 2.38. The lowest BCUT2D eigenvalue weighted by Gasteiger charge is -2.38. The maximum absolute atomic E-state index is 11.9. The Morgan fingerprint density at radius 3 is 2.30 bits per heavy atom.